The minimum Gasteiger partial charge on any atom is -0.508 e. The molecule has 37 heavy (non-hydrogen) atoms. The van der Waals surface area contributed by atoms with Crippen molar-refractivity contribution in [1.82, 2.24) is 4.90 Å². The molecule has 0 spiro atoms. The van der Waals surface area contributed by atoms with Crippen LogP contribution in [0.2, 0.25) is 0 Å². The largest absolute Gasteiger partial charge is 0.508 e. The number of phenolic OH excluding ortho intramolecular Hbond substituents is 1. The topological polar surface area (TPSA) is 91.8 Å². The summed E-state index contributed by atoms with van der Waals surface area (Å²) in [5.74, 6) is -3.33. The lowest BCUT2D eigenvalue weighted by Gasteiger charge is -2.42. The molecule has 4 unspecified atom stereocenters. The number of hydrogen-bond acceptors (Lipinski definition) is 5. The fraction of sp³-hybridized carbons (Fsp3) is 0.241. The molecule has 1 saturated heterocycles. The van der Waals surface area contributed by atoms with Crippen LogP contribution in [0.1, 0.15) is 29.9 Å². The maximum Gasteiger partial charge on any atom is 0.234 e. The van der Waals surface area contributed by atoms with Crippen LogP contribution in [0.15, 0.2) is 86.4 Å². The summed E-state index contributed by atoms with van der Waals surface area (Å²) in [5.41, 5.74) is 2.84. The van der Waals surface area contributed by atoms with Gasteiger partial charge in [0.2, 0.25) is 11.8 Å². The Hall–Kier alpha value is -3.10. The minimum atomic E-state index is -0.688. The molecule has 1 aliphatic heterocycles. The van der Waals surface area contributed by atoms with Gasteiger partial charge in [-0.15, -0.1) is 0 Å². The number of carbonyl (C=O) groups excluding carboxylic acids is 4. The average molecular weight is 623 g/mol. The third-order valence-electron chi connectivity index (χ3n) is 7.91. The highest BCUT2D eigenvalue weighted by molar-refractivity contribution is 9.12. The molecule has 0 aromatic heterocycles. The monoisotopic (exact) mass is 621 g/mol. The van der Waals surface area contributed by atoms with E-state index in [1.165, 1.54) is 11.0 Å². The van der Waals surface area contributed by atoms with Crippen LogP contribution in [0.25, 0.3) is 0 Å². The van der Waals surface area contributed by atoms with E-state index in [0.29, 0.717) is 27.6 Å². The van der Waals surface area contributed by atoms with Gasteiger partial charge in [0.05, 0.1) is 22.9 Å². The maximum atomic E-state index is 13.8. The van der Waals surface area contributed by atoms with Crippen molar-refractivity contribution in [1.29, 1.82) is 0 Å². The number of amides is 2. The molecule has 4 atom stereocenters. The molecule has 3 aliphatic carbocycles. The second-order valence-corrected chi connectivity index (χ2v) is 11.6. The predicted molar refractivity (Wildman–Crippen MR) is 142 cm³/mol. The number of phenols is 1. The van der Waals surface area contributed by atoms with E-state index in [0.717, 1.165) is 11.1 Å². The summed E-state index contributed by atoms with van der Waals surface area (Å²) in [6, 6.07) is 14.4. The molecule has 4 aliphatic rings. The lowest BCUT2D eigenvalue weighted by molar-refractivity contribution is -0.140. The molecule has 0 saturated carbocycles. The van der Waals surface area contributed by atoms with Gasteiger partial charge in [0.25, 0.3) is 0 Å². The van der Waals surface area contributed by atoms with Crippen molar-refractivity contribution in [3.8, 4) is 5.75 Å². The van der Waals surface area contributed by atoms with Crippen LogP contribution in [0, 0.1) is 17.8 Å². The van der Waals surface area contributed by atoms with Crippen LogP contribution < -0.4 is 0 Å². The second kappa shape index (κ2) is 9.03. The van der Waals surface area contributed by atoms with E-state index in [9.17, 15) is 24.3 Å². The zero-order valence-electron chi connectivity index (χ0n) is 19.5. The molecular formula is C29H21Br2NO5. The van der Waals surface area contributed by atoms with E-state index < -0.39 is 23.7 Å². The Labute approximate surface area is 230 Å². The fourth-order valence-electron chi connectivity index (χ4n) is 6.31. The van der Waals surface area contributed by atoms with E-state index in [1.807, 2.05) is 36.4 Å². The Balaban J connectivity index is 1.47. The molecule has 6 rings (SSSR count). The zero-order valence-corrected chi connectivity index (χ0v) is 22.7. The minimum absolute atomic E-state index is 0.00267. The van der Waals surface area contributed by atoms with E-state index in [1.54, 1.807) is 18.2 Å². The van der Waals surface area contributed by atoms with E-state index >= 15 is 0 Å². The number of Topliss-reactive ketones (excluding diaryl/α,β-unsaturated/α-hetero) is 1. The number of nitrogens with zero attached hydrogens (tertiary/aromatic N) is 1. The van der Waals surface area contributed by atoms with Gasteiger partial charge in [-0.05, 0) is 58.5 Å². The summed E-state index contributed by atoms with van der Waals surface area (Å²) < 4.78 is 0.888. The smallest absolute Gasteiger partial charge is 0.234 e. The summed E-state index contributed by atoms with van der Waals surface area (Å²) in [6.45, 7) is 0.197. The Kier molecular flexibility index (Phi) is 5.92. The number of carbonyl (C=O) groups is 4. The van der Waals surface area contributed by atoms with Gasteiger partial charge < -0.3 is 5.11 Å². The molecule has 6 nitrogen and oxygen atoms in total. The first-order chi connectivity index (χ1) is 17.8. The Bertz CT molecular complexity index is 1490. The highest BCUT2D eigenvalue weighted by Gasteiger charge is 2.56. The number of likely N-dealkylation sites (tertiary alicyclic amines) is 1. The van der Waals surface area contributed by atoms with Crippen molar-refractivity contribution in [2.75, 3.05) is 0 Å². The second-order valence-electron chi connectivity index (χ2n) is 9.84. The number of rotatable bonds is 3. The molecular weight excluding hydrogens is 602 g/mol. The number of hydrogen-bond donors (Lipinski definition) is 1. The summed E-state index contributed by atoms with van der Waals surface area (Å²) in [4.78, 5) is 55.1. The summed E-state index contributed by atoms with van der Waals surface area (Å²) >= 11 is 6.68. The maximum absolute atomic E-state index is 13.8. The van der Waals surface area contributed by atoms with Gasteiger partial charge >= 0.3 is 0 Å². The van der Waals surface area contributed by atoms with Crippen molar-refractivity contribution in [3.05, 3.63) is 97.5 Å². The van der Waals surface area contributed by atoms with Crippen molar-refractivity contribution in [3.63, 3.8) is 0 Å². The van der Waals surface area contributed by atoms with Crippen molar-refractivity contribution in [2.45, 2.75) is 25.3 Å². The average Bonchev–Trinajstić information content (AvgIpc) is 3.13. The van der Waals surface area contributed by atoms with Crippen molar-refractivity contribution < 1.29 is 24.3 Å². The van der Waals surface area contributed by atoms with Crippen LogP contribution in [-0.4, -0.2) is 33.4 Å². The van der Waals surface area contributed by atoms with Gasteiger partial charge in [-0.1, -0.05) is 57.9 Å². The van der Waals surface area contributed by atoms with Crippen LogP contribution in [0.5, 0.6) is 5.75 Å². The summed E-state index contributed by atoms with van der Waals surface area (Å²) in [7, 11) is 0. The predicted octanol–water partition coefficient (Wildman–Crippen LogP) is 5.12. The standard InChI is InChI=1S/C29H21Br2NO5/c30-15-6-9-22(33)19(10-15)24-16-7-8-17-25(18(16)11-20-26(24)23(34)12-21(31)27(20)35)29(37)32(28(17)36)13-14-4-2-1-3-5-14/h1-7,9-10,12,17-18,24-25,33H,8,11,13H2. The van der Waals surface area contributed by atoms with Crippen molar-refractivity contribution >= 4 is 55.2 Å². The Morgan fingerprint density at radius 2 is 1.70 bits per heavy atom. The molecule has 1 N–H and O–H groups in total. The highest BCUT2D eigenvalue weighted by atomic mass is 79.9. The number of ketones is 2. The number of halogens is 2. The normalized spacial score (nSPS) is 27.0. The molecule has 0 radical (unpaired) electrons. The molecule has 186 valence electrons. The molecule has 2 aromatic carbocycles. The van der Waals surface area contributed by atoms with Gasteiger partial charge in [-0.3, -0.25) is 24.1 Å². The Morgan fingerprint density at radius 1 is 0.946 bits per heavy atom. The molecule has 0 bridgehead atoms. The van der Waals surface area contributed by atoms with Gasteiger partial charge in [0, 0.05) is 33.2 Å². The van der Waals surface area contributed by atoms with E-state index in [4.69, 9.17) is 0 Å². The first-order valence-electron chi connectivity index (χ1n) is 12.0. The molecule has 2 amide bonds. The van der Waals surface area contributed by atoms with Gasteiger partial charge in [-0.2, -0.15) is 0 Å². The van der Waals surface area contributed by atoms with E-state index in [2.05, 4.69) is 31.9 Å². The number of fused-ring (bicyclic) bond motifs is 3. The molecule has 1 heterocycles. The van der Waals surface area contributed by atoms with Gasteiger partial charge in [-0.25, -0.2) is 0 Å². The molecule has 1 fully saturated rings. The fourth-order valence-corrected chi connectivity index (χ4v) is 7.13. The van der Waals surface area contributed by atoms with Crippen LogP contribution in [0.4, 0.5) is 0 Å². The SMILES string of the molecule is O=C1C=C(Br)C(=O)C2=C1C(c1cc(Br)ccc1O)C1=CCC3C(=O)N(Cc4ccccc4)C(=O)C3C1C2. The van der Waals surface area contributed by atoms with Crippen molar-refractivity contribution in [2.24, 2.45) is 17.8 Å². The zero-order chi connectivity index (χ0) is 26.0. The number of benzene rings is 2. The quantitative estimate of drug-likeness (QED) is 0.292. The van der Waals surface area contributed by atoms with Gasteiger partial charge in [0.15, 0.2) is 11.6 Å². The lowest BCUT2D eigenvalue weighted by atomic mass is 9.59. The molecule has 8 heteroatoms. The highest BCUT2D eigenvalue weighted by Crippen LogP contribution is 2.56. The van der Waals surface area contributed by atoms with Gasteiger partial charge in [0.1, 0.15) is 5.75 Å². The number of allylic oxidation sites excluding steroid dienone is 6. The van der Waals surface area contributed by atoms with Crippen LogP contribution in [-0.2, 0) is 25.7 Å². The summed E-state index contributed by atoms with van der Waals surface area (Å²) in [6.07, 6.45) is 3.78. The number of imide groups is 1. The van der Waals surface area contributed by atoms with E-state index in [-0.39, 0.29) is 46.6 Å². The molecule has 2 aromatic rings. The first-order valence-corrected chi connectivity index (χ1v) is 13.6. The van der Waals surface area contributed by atoms with Crippen LogP contribution >= 0.6 is 31.9 Å². The third-order valence-corrected chi connectivity index (χ3v) is 8.99. The first kappa shape index (κ1) is 24.2. The third kappa shape index (κ3) is 3.80. The number of aromatic hydroxyl groups is 1. The Morgan fingerprint density at radius 3 is 2.46 bits per heavy atom. The summed E-state index contributed by atoms with van der Waals surface area (Å²) in [5, 5.41) is 10.8. The lowest BCUT2D eigenvalue weighted by Crippen LogP contribution is -2.39. The van der Waals surface area contributed by atoms with Crippen LogP contribution in [0.3, 0.4) is 0 Å².